The molecule has 1 aromatic rings. The summed E-state index contributed by atoms with van der Waals surface area (Å²) in [4.78, 5) is 0. The van der Waals surface area contributed by atoms with Gasteiger partial charge in [0, 0.05) is 17.1 Å². The van der Waals surface area contributed by atoms with Crippen molar-refractivity contribution in [1.29, 1.82) is 0 Å². The molecule has 1 aliphatic rings. The van der Waals surface area contributed by atoms with Crippen molar-refractivity contribution in [3.8, 4) is 0 Å². The van der Waals surface area contributed by atoms with Crippen LogP contribution in [0, 0.1) is 11.7 Å². The smallest absolute Gasteiger partial charge is 0.123 e. The maximum atomic E-state index is 12.8. The van der Waals surface area contributed by atoms with Gasteiger partial charge < -0.3 is 5.32 Å². The Hall–Kier alpha value is -0.670. The summed E-state index contributed by atoms with van der Waals surface area (Å²) < 4.78 is 13.8. The molecular weight excluding hydrogens is 269 g/mol. The van der Waals surface area contributed by atoms with E-state index in [1.54, 1.807) is 0 Å². The van der Waals surface area contributed by atoms with Crippen LogP contribution >= 0.6 is 15.9 Å². The highest BCUT2D eigenvalue weighted by Gasteiger charge is 2.31. The minimum atomic E-state index is -0.178. The van der Waals surface area contributed by atoms with Crippen LogP contribution < -0.4 is 5.32 Å². The van der Waals surface area contributed by atoms with Gasteiger partial charge in [0.05, 0.1) is 0 Å². The molecule has 1 unspecified atom stereocenters. The standard InChI is InChI=1S/C13H15BrFN/c1-9(14)8-16-13(10-2-3-10)11-4-6-12(15)7-5-11/h4-7,10,13,16H,1-3,8H2. The van der Waals surface area contributed by atoms with E-state index in [9.17, 15) is 4.39 Å². The lowest BCUT2D eigenvalue weighted by Gasteiger charge is -2.18. The number of nitrogens with one attached hydrogen (secondary N) is 1. The van der Waals surface area contributed by atoms with Gasteiger partial charge in [-0.3, -0.25) is 0 Å². The van der Waals surface area contributed by atoms with E-state index in [0.717, 1.165) is 16.6 Å². The van der Waals surface area contributed by atoms with Gasteiger partial charge in [-0.2, -0.15) is 0 Å². The van der Waals surface area contributed by atoms with E-state index >= 15 is 0 Å². The van der Waals surface area contributed by atoms with Gasteiger partial charge in [-0.1, -0.05) is 34.6 Å². The quantitative estimate of drug-likeness (QED) is 0.867. The highest BCUT2D eigenvalue weighted by Crippen LogP contribution is 2.41. The van der Waals surface area contributed by atoms with Crippen LogP contribution in [0.3, 0.4) is 0 Å². The van der Waals surface area contributed by atoms with Gasteiger partial charge in [-0.15, -0.1) is 0 Å². The fourth-order valence-corrected chi connectivity index (χ4v) is 2.04. The lowest BCUT2D eigenvalue weighted by atomic mass is 10.0. The molecule has 1 aromatic carbocycles. The fourth-order valence-electron chi connectivity index (χ4n) is 1.88. The van der Waals surface area contributed by atoms with E-state index in [0.29, 0.717) is 12.0 Å². The van der Waals surface area contributed by atoms with Crippen molar-refractivity contribution < 1.29 is 4.39 Å². The monoisotopic (exact) mass is 283 g/mol. The molecule has 0 spiro atoms. The molecule has 1 aliphatic carbocycles. The second kappa shape index (κ2) is 5.11. The molecule has 2 rings (SSSR count). The van der Waals surface area contributed by atoms with Crippen molar-refractivity contribution in [3.05, 3.63) is 46.7 Å². The first-order chi connectivity index (χ1) is 7.66. The molecule has 86 valence electrons. The third kappa shape index (κ3) is 3.16. The summed E-state index contributed by atoms with van der Waals surface area (Å²) in [7, 11) is 0. The SMILES string of the molecule is C=C(Br)CNC(c1ccc(F)cc1)C1CC1. The molecule has 0 bridgehead atoms. The van der Waals surface area contributed by atoms with Crippen molar-refractivity contribution in [2.45, 2.75) is 18.9 Å². The predicted molar refractivity (Wildman–Crippen MR) is 67.9 cm³/mol. The molecule has 16 heavy (non-hydrogen) atoms. The number of halogens is 2. The Morgan fingerprint density at radius 2 is 2.06 bits per heavy atom. The molecule has 1 atom stereocenters. The zero-order valence-electron chi connectivity index (χ0n) is 9.05. The van der Waals surface area contributed by atoms with Gasteiger partial charge in [0.25, 0.3) is 0 Å². The van der Waals surface area contributed by atoms with Crippen molar-refractivity contribution >= 4 is 15.9 Å². The maximum absolute atomic E-state index is 12.8. The van der Waals surface area contributed by atoms with E-state index in [2.05, 4.69) is 27.8 Å². The molecular formula is C13H15BrFN. The first kappa shape index (κ1) is 11.8. The third-order valence-electron chi connectivity index (χ3n) is 2.84. The third-order valence-corrected chi connectivity index (χ3v) is 3.12. The molecule has 1 saturated carbocycles. The van der Waals surface area contributed by atoms with Crippen LogP contribution in [0.2, 0.25) is 0 Å². The van der Waals surface area contributed by atoms with Crippen molar-refractivity contribution in [2.75, 3.05) is 6.54 Å². The largest absolute Gasteiger partial charge is 0.305 e. The molecule has 0 aliphatic heterocycles. The van der Waals surface area contributed by atoms with Crippen LogP contribution in [0.1, 0.15) is 24.4 Å². The molecule has 0 saturated heterocycles. The second-order valence-corrected chi connectivity index (χ2v) is 5.39. The summed E-state index contributed by atoms with van der Waals surface area (Å²) in [5, 5.41) is 3.45. The van der Waals surface area contributed by atoms with E-state index in [1.807, 2.05) is 12.1 Å². The van der Waals surface area contributed by atoms with Gasteiger partial charge in [-0.25, -0.2) is 4.39 Å². The summed E-state index contributed by atoms with van der Waals surface area (Å²) in [5.74, 6) is 0.514. The molecule has 0 radical (unpaired) electrons. The minimum Gasteiger partial charge on any atom is -0.305 e. The van der Waals surface area contributed by atoms with Crippen LogP contribution in [-0.4, -0.2) is 6.54 Å². The maximum Gasteiger partial charge on any atom is 0.123 e. The van der Waals surface area contributed by atoms with E-state index in [1.165, 1.54) is 25.0 Å². The summed E-state index contributed by atoms with van der Waals surface area (Å²) in [5.41, 5.74) is 1.16. The highest BCUT2D eigenvalue weighted by atomic mass is 79.9. The van der Waals surface area contributed by atoms with Gasteiger partial charge in [0.1, 0.15) is 5.82 Å². The van der Waals surface area contributed by atoms with Crippen molar-refractivity contribution in [3.63, 3.8) is 0 Å². The van der Waals surface area contributed by atoms with Gasteiger partial charge in [0.15, 0.2) is 0 Å². The fraction of sp³-hybridized carbons (Fsp3) is 0.385. The molecule has 0 heterocycles. The Morgan fingerprint density at radius 1 is 1.44 bits per heavy atom. The van der Waals surface area contributed by atoms with Gasteiger partial charge in [-0.05, 0) is 36.5 Å². The molecule has 3 heteroatoms. The van der Waals surface area contributed by atoms with Crippen LogP contribution in [0.4, 0.5) is 4.39 Å². The Labute approximate surface area is 104 Å². The topological polar surface area (TPSA) is 12.0 Å². The zero-order chi connectivity index (χ0) is 11.5. The van der Waals surface area contributed by atoms with Crippen LogP contribution in [0.5, 0.6) is 0 Å². The first-order valence-electron chi connectivity index (χ1n) is 5.49. The molecule has 1 N–H and O–H groups in total. The first-order valence-corrected chi connectivity index (χ1v) is 6.28. The predicted octanol–water partition coefficient (Wildman–Crippen LogP) is 3.78. The van der Waals surface area contributed by atoms with Crippen molar-refractivity contribution in [1.82, 2.24) is 5.32 Å². The Balaban J connectivity index is 2.06. The normalized spacial score (nSPS) is 17.1. The number of benzene rings is 1. The molecule has 0 amide bonds. The Morgan fingerprint density at radius 3 is 2.56 bits per heavy atom. The second-order valence-electron chi connectivity index (χ2n) is 4.26. The van der Waals surface area contributed by atoms with Gasteiger partial charge >= 0.3 is 0 Å². The average molecular weight is 284 g/mol. The number of rotatable bonds is 5. The van der Waals surface area contributed by atoms with Crippen molar-refractivity contribution in [2.24, 2.45) is 5.92 Å². The Bertz CT molecular complexity index is 370. The van der Waals surface area contributed by atoms with Gasteiger partial charge in [0.2, 0.25) is 0 Å². The number of hydrogen-bond donors (Lipinski definition) is 1. The summed E-state index contributed by atoms with van der Waals surface area (Å²) in [6, 6.07) is 7.10. The van der Waals surface area contributed by atoms with Crippen LogP contribution in [0.25, 0.3) is 0 Å². The summed E-state index contributed by atoms with van der Waals surface area (Å²) in [6.07, 6.45) is 2.51. The highest BCUT2D eigenvalue weighted by molar-refractivity contribution is 9.11. The zero-order valence-corrected chi connectivity index (χ0v) is 10.6. The Kier molecular flexibility index (Phi) is 3.77. The minimum absolute atomic E-state index is 0.178. The van der Waals surface area contributed by atoms with E-state index in [-0.39, 0.29) is 5.82 Å². The van der Waals surface area contributed by atoms with Crippen LogP contribution in [0.15, 0.2) is 35.3 Å². The molecule has 0 aromatic heterocycles. The summed E-state index contributed by atoms with van der Waals surface area (Å²) >= 11 is 3.34. The van der Waals surface area contributed by atoms with E-state index in [4.69, 9.17) is 0 Å². The lowest BCUT2D eigenvalue weighted by Crippen LogP contribution is -2.24. The van der Waals surface area contributed by atoms with E-state index < -0.39 is 0 Å². The van der Waals surface area contributed by atoms with Crippen LogP contribution in [-0.2, 0) is 0 Å². The lowest BCUT2D eigenvalue weighted by molar-refractivity contribution is 0.505. The average Bonchev–Trinajstić information content (AvgIpc) is 3.04. The molecule has 1 nitrogen and oxygen atoms in total. The number of hydrogen-bond acceptors (Lipinski definition) is 1. The summed E-state index contributed by atoms with van der Waals surface area (Å²) in [6.45, 7) is 4.56. The molecule has 1 fully saturated rings.